The molecule has 1 aliphatic heterocycles. The maximum Gasteiger partial charge on any atom is 0.271 e. The molecule has 1 fully saturated rings. The molecule has 0 aromatic heterocycles. The SMILES string of the molecule is CCc1ccccc1N1C(=O)/C(=C(\C)c2cccc(OC)c2)SC1=S. The van der Waals surface area contributed by atoms with E-state index in [1.807, 2.05) is 55.5 Å². The second-order valence-electron chi connectivity index (χ2n) is 5.68. The number of nitrogens with zero attached hydrogens (tertiary/aromatic N) is 1. The zero-order valence-corrected chi connectivity index (χ0v) is 16.0. The van der Waals surface area contributed by atoms with E-state index in [-0.39, 0.29) is 5.91 Å². The minimum atomic E-state index is -0.0591. The molecule has 1 heterocycles. The molecule has 0 bridgehead atoms. The third kappa shape index (κ3) is 3.34. The number of rotatable bonds is 4. The number of thiocarbonyl (C=S) groups is 1. The van der Waals surface area contributed by atoms with Crippen LogP contribution in [0.15, 0.2) is 53.4 Å². The Balaban J connectivity index is 2.03. The lowest BCUT2D eigenvalue weighted by atomic mass is 10.1. The summed E-state index contributed by atoms with van der Waals surface area (Å²) in [4.78, 5) is 15.4. The van der Waals surface area contributed by atoms with Crippen molar-refractivity contribution >= 4 is 45.5 Å². The molecule has 0 aliphatic carbocycles. The van der Waals surface area contributed by atoms with E-state index < -0.39 is 0 Å². The first-order chi connectivity index (χ1) is 12.1. The molecule has 5 heteroatoms. The highest BCUT2D eigenvalue weighted by Crippen LogP contribution is 2.40. The molecule has 128 valence electrons. The number of para-hydroxylation sites is 1. The van der Waals surface area contributed by atoms with Crippen LogP contribution < -0.4 is 9.64 Å². The quantitative estimate of drug-likeness (QED) is 0.557. The number of methoxy groups -OCH3 is 1. The predicted molar refractivity (Wildman–Crippen MR) is 109 cm³/mol. The number of aryl methyl sites for hydroxylation is 1. The van der Waals surface area contributed by atoms with Gasteiger partial charge in [0, 0.05) is 0 Å². The number of allylic oxidation sites excluding steroid dienone is 1. The third-order valence-corrected chi connectivity index (χ3v) is 5.70. The average molecular weight is 370 g/mol. The molecule has 3 nitrogen and oxygen atoms in total. The van der Waals surface area contributed by atoms with Crippen molar-refractivity contribution < 1.29 is 9.53 Å². The van der Waals surface area contributed by atoms with Gasteiger partial charge in [-0.05, 0) is 48.2 Å². The lowest BCUT2D eigenvalue weighted by Crippen LogP contribution is -2.28. The Hall–Kier alpha value is -2.11. The molecule has 1 saturated heterocycles. The Morgan fingerprint density at radius 2 is 1.96 bits per heavy atom. The first kappa shape index (κ1) is 17.7. The highest BCUT2D eigenvalue weighted by molar-refractivity contribution is 8.27. The monoisotopic (exact) mass is 369 g/mol. The molecule has 0 spiro atoms. The van der Waals surface area contributed by atoms with E-state index in [2.05, 4.69) is 6.92 Å². The number of hydrogen-bond donors (Lipinski definition) is 0. The van der Waals surface area contributed by atoms with Gasteiger partial charge in [-0.3, -0.25) is 9.69 Å². The maximum atomic E-state index is 13.1. The van der Waals surface area contributed by atoms with Gasteiger partial charge in [-0.25, -0.2) is 0 Å². The summed E-state index contributed by atoms with van der Waals surface area (Å²) in [5.41, 5.74) is 3.86. The van der Waals surface area contributed by atoms with Crippen molar-refractivity contribution in [1.82, 2.24) is 0 Å². The number of carbonyl (C=O) groups is 1. The smallest absolute Gasteiger partial charge is 0.271 e. The van der Waals surface area contributed by atoms with Gasteiger partial charge in [0.05, 0.1) is 17.7 Å². The average Bonchev–Trinajstić information content (AvgIpc) is 2.95. The van der Waals surface area contributed by atoms with Crippen LogP contribution >= 0.6 is 24.0 Å². The highest BCUT2D eigenvalue weighted by atomic mass is 32.2. The summed E-state index contributed by atoms with van der Waals surface area (Å²) in [5, 5.41) is 0. The van der Waals surface area contributed by atoms with Crippen molar-refractivity contribution in [3.8, 4) is 5.75 Å². The van der Waals surface area contributed by atoms with Crippen molar-refractivity contribution in [1.29, 1.82) is 0 Å². The van der Waals surface area contributed by atoms with Crippen molar-refractivity contribution in [3.05, 3.63) is 64.6 Å². The lowest BCUT2D eigenvalue weighted by molar-refractivity contribution is -0.113. The number of amides is 1. The van der Waals surface area contributed by atoms with Crippen LogP contribution in [0.25, 0.3) is 5.57 Å². The first-order valence-corrected chi connectivity index (χ1v) is 9.28. The summed E-state index contributed by atoms with van der Waals surface area (Å²) in [7, 11) is 1.63. The van der Waals surface area contributed by atoms with Gasteiger partial charge in [-0.2, -0.15) is 0 Å². The molecule has 2 aromatic carbocycles. The fraction of sp³-hybridized carbons (Fsp3) is 0.200. The van der Waals surface area contributed by atoms with Gasteiger partial charge in [-0.1, -0.05) is 61.2 Å². The van der Waals surface area contributed by atoms with E-state index in [0.29, 0.717) is 9.23 Å². The number of hydrogen-bond acceptors (Lipinski definition) is 4. The van der Waals surface area contributed by atoms with Crippen LogP contribution in [0.3, 0.4) is 0 Å². The Kier molecular flexibility index (Phi) is 5.25. The van der Waals surface area contributed by atoms with Gasteiger partial charge < -0.3 is 4.74 Å². The molecule has 0 atom stereocenters. The molecule has 0 unspecified atom stereocenters. The second-order valence-corrected chi connectivity index (χ2v) is 7.32. The largest absolute Gasteiger partial charge is 0.497 e. The van der Waals surface area contributed by atoms with Crippen LogP contribution in [0.5, 0.6) is 5.75 Å². The molecule has 0 radical (unpaired) electrons. The van der Waals surface area contributed by atoms with Crippen LogP contribution in [-0.2, 0) is 11.2 Å². The summed E-state index contributed by atoms with van der Waals surface area (Å²) >= 11 is 6.87. The summed E-state index contributed by atoms with van der Waals surface area (Å²) in [5.74, 6) is 0.708. The normalized spacial score (nSPS) is 16.4. The Labute approximate surface area is 157 Å². The minimum Gasteiger partial charge on any atom is -0.497 e. The molecule has 0 N–H and O–H groups in total. The van der Waals surface area contributed by atoms with Gasteiger partial charge in [-0.15, -0.1) is 0 Å². The first-order valence-electron chi connectivity index (χ1n) is 8.06. The standard InChI is InChI=1S/C20H19NO2S2/c1-4-14-8-5-6-11-17(14)21-19(22)18(25-20(21)24)13(2)15-9-7-10-16(12-15)23-3/h5-12H,4H2,1-3H3/b18-13-. The molecule has 3 rings (SSSR count). The topological polar surface area (TPSA) is 29.5 Å². The number of anilines is 1. The van der Waals surface area contributed by atoms with Crippen molar-refractivity contribution in [2.24, 2.45) is 0 Å². The third-order valence-electron chi connectivity index (χ3n) is 4.23. The van der Waals surface area contributed by atoms with Crippen LogP contribution in [0, 0.1) is 0 Å². The summed E-state index contributed by atoms with van der Waals surface area (Å²) in [6.45, 7) is 4.03. The van der Waals surface area contributed by atoms with Crippen LogP contribution in [0.2, 0.25) is 0 Å². The molecule has 2 aromatic rings. The summed E-state index contributed by atoms with van der Waals surface area (Å²) in [6, 6.07) is 15.6. The van der Waals surface area contributed by atoms with Crippen LogP contribution in [0.1, 0.15) is 25.0 Å². The van der Waals surface area contributed by atoms with E-state index in [1.165, 1.54) is 11.8 Å². The Bertz CT molecular complexity index is 874. The van der Waals surface area contributed by atoms with Crippen LogP contribution in [0.4, 0.5) is 5.69 Å². The Morgan fingerprint density at radius 3 is 2.68 bits per heavy atom. The second kappa shape index (κ2) is 7.42. The minimum absolute atomic E-state index is 0.0591. The zero-order chi connectivity index (χ0) is 18.0. The van der Waals surface area contributed by atoms with Crippen LogP contribution in [-0.4, -0.2) is 17.3 Å². The van der Waals surface area contributed by atoms with Gasteiger partial charge in [0.2, 0.25) is 0 Å². The van der Waals surface area contributed by atoms with Crippen molar-refractivity contribution in [3.63, 3.8) is 0 Å². The molecule has 0 saturated carbocycles. The molecule has 1 aliphatic rings. The number of ether oxygens (including phenoxy) is 1. The molecule has 1 amide bonds. The predicted octanol–water partition coefficient (Wildman–Crippen LogP) is 5.05. The summed E-state index contributed by atoms with van der Waals surface area (Å²) in [6.07, 6.45) is 0.848. The molecular formula is C20H19NO2S2. The lowest BCUT2D eigenvalue weighted by Gasteiger charge is -2.18. The number of thioether (sulfide) groups is 1. The van der Waals surface area contributed by atoms with Gasteiger partial charge in [0.15, 0.2) is 4.32 Å². The molecule has 25 heavy (non-hydrogen) atoms. The number of carbonyl (C=O) groups excluding carboxylic acids is 1. The fourth-order valence-electron chi connectivity index (χ4n) is 2.82. The number of benzene rings is 2. The Morgan fingerprint density at radius 1 is 1.20 bits per heavy atom. The highest BCUT2D eigenvalue weighted by Gasteiger charge is 2.35. The van der Waals surface area contributed by atoms with E-state index in [0.717, 1.165) is 34.6 Å². The van der Waals surface area contributed by atoms with E-state index in [9.17, 15) is 4.79 Å². The maximum absolute atomic E-state index is 13.1. The van der Waals surface area contributed by atoms with Crippen molar-refractivity contribution in [2.45, 2.75) is 20.3 Å². The van der Waals surface area contributed by atoms with E-state index >= 15 is 0 Å². The van der Waals surface area contributed by atoms with E-state index in [4.69, 9.17) is 17.0 Å². The zero-order valence-electron chi connectivity index (χ0n) is 14.4. The van der Waals surface area contributed by atoms with Gasteiger partial charge in [0.1, 0.15) is 5.75 Å². The summed E-state index contributed by atoms with van der Waals surface area (Å²) < 4.78 is 5.86. The van der Waals surface area contributed by atoms with Gasteiger partial charge >= 0.3 is 0 Å². The fourth-order valence-corrected chi connectivity index (χ4v) is 4.15. The molecular weight excluding hydrogens is 350 g/mol. The van der Waals surface area contributed by atoms with Gasteiger partial charge in [0.25, 0.3) is 5.91 Å². The van der Waals surface area contributed by atoms with E-state index in [1.54, 1.807) is 12.0 Å². The van der Waals surface area contributed by atoms with Crippen molar-refractivity contribution in [2.75, 3.05) is 12.0 Å².